The van der Waals surface area contributed by atoms with E-state index in [0.29, 0.717) is 11.8 Å². The molecule has 0 atom stereocenters. The highest BCUT2D eigenvalue weighted by atomic mass is 35.5. The van der Waals surface area contributed by atoms with Crippen LogP contribution in [0.2, 0.25) is 5.15 Å². The number of carbonyl (C=O) groups excluding carboxylic acids is 1. The Labute approximate surface area is 184 Å². The van der Waals surface area contributed by atoms with Crippen LogP contribution in [0.5, 0.6) is 5.75 Å². The zero-order valence-electron chi connectivity index (χ0n) is 17.1. The molecule has 32 heavy (non-hydrogen) atoms. The number of aromatic nitrogens is 3. The van der Waals surface area contributed by atoms with Crippen molar-refractivity contribution in [1.82, 2.24) is 15.2 Å². The average molecular weight is 472 g/mol. The van der Waals surface area contributed by atoms with Crippen molar-refractivity contribution < 1.29 is 27.1 Å². The van der Waals surface area contributed by atoms with E-state index >= 15 is 0 Å². The molecule has 12 heteroatoms. The smallest absolute Gasteiger partial charge is 0.419 e. The number of amides is 1. The standard InChI is InChI=1S/C20H18ClF4N5O2/c1-8(2)32-15-7-10(14-5-4-12(18(26)27-14)20(23,24)25)13(22)6-11(15)19(31)28-16-9(3)29-30-17(16)21/h4-8H,1-3H3,(H2,26,27)(H,28,31)(H,29,30). The number of alkyl halides is 3. The lowest BCUT2D eigenvalue weighted by Gasteiger charge is -2.17. The number of carbonyl (C=O) groups is 1. The molecule has 0 fully saturated rings. The highest BCUT2D eigenvalue weighted by Crippen LogP contribution is 2.36. The predicted molar refractivity (Wildman–Crippen MR) is 111 cm³/mol. The number of benzene rings is 1. The monoisotopic (exact) mass is 471 g/mol. The summed E-state index contributed by atoms with van der Waals surface area (Å²) in [5, 5.41) is 8.91. The van der Waals surface area contributed by atoms with Gasteiger partial charge in [-0.2, -0.15) is 18.3 Å². The number of aromatic amines is 1. The molecule has 0 spiro atoms. The zero-order chi connectivity index (χ0) is 23.8. The summed E-state index contributed by atoms with van der Waals surface area (Å²) in [5.74, 6) is -2.44. The zero-order valence-corrected chi connectivity index (χ0v) is 17.8. The topological polar surface area (TPSA) is 106 Å². The molecule has 2 aromatic heterocycles. The Morgan fingerprint density at radius 1 is 1.28 bits per heavy atom. The lowest BCUT2D eigenvalue weighted by atomic mass is 10.0. The SMILES string of the molecule is Cc1[nH]nc(Cl)c1NC(=O)c1cc(F)c(-c2ccc(C(F)(F)F)c(N)n2)cc1OC(C)C. The summed E-state index contributed by atoms with van der Waals surface area (Å²) >= 11 is 5.93. The Kier molecular flexibility index (Phi) is 6.31. The summed E-state index contributed by atoms with van der Waals surface area (Å²) in [7, 11) is 0. The van der Waals surface area contributed by atoms with Gasteiger partial charge in [0.2, 0.25) is 0 Å². The Balaban J connectivity index is 2.06. The van der Waals surface area contributed by atoms with Crippen LogP contribution in [0.15, 0.2) is 24.3 Å². The van der Waals surface area contributed by atoms with Crippen LogP contribution in [0, 0.1) is 12.7 Å². The summed E-state index contributed by atoms with van der Waals surface area (Å²) in [6, 6.07) is 3.79. The molecule has 3 rings (SSSR count). The molecule has 0 aliphatic heterocycles. The number of H-pyrrole nitrogens is 1. The van der Waals surface area contributed by atoms with Gasteiger partial charge in [0.15, 0.2) is 5.15 Å². The number of pyridine rings is 1. The van der Waals surface area contributed by atoms with Crippen molar-refractivity contribution in [2.45, 2.75) is 33.1 Å². The summed E-state index contributed by atoms with van der Waals surface area (Å²) in [6.07, 6.45) is -5.10. The van der Waals surface area contributed by atoms with E-state index in [4.69, 9.17) is 22.1 Å². The molecule has 1 amide bonds. The fourth-order valence-electron chi connectivity index (χ4n) is 2.87. The minimum atomic E-state index is -4.70. The first-order valence-electron chi connectivity index (χ1n) is 9.24. The highest BCUT2D eigenvalue weighted by molar-refractivity contribution is 6.33. The van der Waals surface area contributed by atoms with Gasteiger partial charge in [0.25, 0.3) is 5.91 Å². The van der Waals surface area contributed by atoms with Crippen molar-refractivity contribution in [3.05, 3.63) is 52.1 Å². The number of hydrogen-bond acceptors (Lipinski definition) is 5. The molecule has 0 aliphatic carbocycles. The van der Waals surface area contributed by atoms with Crippen LogP contribution in [0.4, 0.5) is 29.1 Å². The number of aryl methyl sites for hydroxylation is 1. The maximum atomic E-state index is 14.9. The van der Waals surface area contributed by atoms with Gasteiger partial charge >= 0.3 is 6.18 Å². The van der Waals surface area contributed by atoms with Crippen LogP contribution in [0.3, 0.4) is 0 Å². The third-order valence-electron chi connectivity index (χ3n) is 4.32. The van der Waals surface area contributed by atoms with Crippen LogP contribution in [-0.2, 0) is 6.18 Å². The number of anilines is 2. The minimum Gasteiger partial charge on any atom is -0.490 e. The van der Waals surface area contributed by atoms with E-state index in [9.17, 15) is 22.4 Å². The molecule has 170 valence electrons. The Morgan fingerprint density at radius 3 is 2.50 bits per heavy atom. The number of nitrogen functional groups attached to an aromatic ring is 1. The quantitative estimate of drug-likeness (QED) is 0.443. The van der Waals surface area contributed by atoms with E-state index in [1.807, 2.05) is 0 Å². The van der Waals surface area contributed by atoms with Crippen molar-refractivity contribution in [2.24, 2.45) is 0 Å². The second-order valence-corrected chi connectivity index (χ2v) is 7.45. The molecule has 0 saturated heterocycles. The summed E-state index contributed by atoms with van der Waals surface area (Å²) in [6.45, 7) is 5.01. The van der Waals surface area contributed by atoms with E-state index in [-0.39, 0.29) is 33.4 Å². The van der Waals surface area contributed by atoms with Crippen molar-refractivity contribution in [1.29, 1.82) is 0 Å². The van der Waals surface area contributed by atoms with E-state index in [1.165, 1.54) is 6.07 Å². The second-order valence-electron chi connectivity index (χ2n) is 7.09. The van der Waals surface area contributed by atoms with Crippen molar-refractivity contribution in [2.75, 3.05) is 11.1 Å². The Morgan fingerprint density at radius 2 is 1.97 bits per heavy atom. The molecule has 0 aliphatic rings. The molecule has 0 radical (unpaired) electrons. The third-order valence-corrected chi connectivity index (χ3v) is 4.60. The Hall–Kier alpha value is -3.34. The second kappa shape index (κ2) is 8.65. The van der Waals surface area contributed by atoms with Gasteiger partial charge in [-0.25, -0.2) is 9.37 Å². The molecular weight excluding hydrogens is 454 g/mol. The number of nitrogens with two attached hydrogens (primary N) is 1. The minimum absolute atomic E-state index is 0.00793. The van der Waals surface area contributed by atoms with Crippen molar-refractivity contribution >= 4 is 29.0 Å². The lowest BCUT2D eigenvalue weighted by molar-refractivity contribution is -0.137. The van der Waals surface area contributed by atoms with Crippen LogP contribution in [0.25, 0.3) is 11.3 Å². The normalized spacial score (nSPS) is 11.7. The molecule has 2 heterocycles. The van der Waals surface area contributed by atoms with Crippen molar-refractivity contribution in [3.8, 4) is 17.0 Å². The first-order valence-corrected chi connectivity index (χ1v) is 9.62. The fraction of sp³-hybridized carbons (Fsp3) is 0.250. The van der Waals surface area contributed by atoms with Crippen LogP contribution >= 0.6 is 11.6 Å². The molecule has 1 aromatic carbocycles. The molecule has 3 aromatic rings. The van der Waals surface area contributed by atoms with Crippen LogP contribution < -0.4 is 15.8 Å². The van der Waals surface area contributed by atoms with E-state index in [0.717, 1.165) is 12.1 Å². The predicted octanol–water partition coefficient (Wildman–Crippen LogP) is 5.21. The van der Waals surface area contributed by atoms with Gasteiger partial charge in [-0.3, -0.25) is 9.89 Å². The van der Waals surface area contributed by atoms with Gasteiger partial charge in [-0.15, -0.1) is 0 Å². The molecular formula is C20H18ClF4N5O2. The van der Waals surface area contributed by atoms with E-state index < -0.39 is 35.4 Å². The summed E-state index contributed by atoms with van der Waals surface area (Å²) in [4.78, 5) is 16.5. The summed E-state index contributed by atoms with van der Waals surface area (Å²) < 4.78 is 59.4. The molecule has 0 saturated carbocycles. The summed E-state index contributed by atoms with van der Waals surface area (Å²) in [5.41, 5.74) is 4.50. The maximum Gasteiger partial charge on any atom is 0.419 e. The molecule has 0 unspecified atom stereocenters. The first-order chi connectivity index (χ1) is 14.9. The molecule has 4 N–H and O–H groups in total. The number of halogens is 5. The van der Waals surface area contributed by atoms with Crippen LogP contribution in [0.1, 0.15) is 35.5 Å². The Bertz CT molecular complexity index is 1160. The van der Waals surface area contributed by atoms with Gasteiger partial charge in [-0.05, 0) is 45.0 Å². The van der Waals surface area contributed by atoms with Gasteiger partial charge in [0.05, 0.1) is 28.6 Å². The number of ether oxygens (including phenoxy) is 1. The highest BCUT2D eigenvalue weighted by Gasteiger charge is 2.34. The number of hydrogen-bond donors (Lipinski definition) is 3. The fourth-order valence-corrected chi connectivity index (χ4v) is 3.10. The maximum absolute atomic E-state index is 14.9. The molecule has 7 nitrogen and oxygen atoms in total. The van der Waals surface area contributed by atoms with Crippen LogP contribution in [-0.4, -0.2) is 27.2 Å². The van der Waals surface area contributed by atoms with Crippen molar-refractivity contribution in [3.63, 3.8) is 0 Å². The number of nitrogens with zero attached hydrogens (tertiary/aromatic N) is 2. The van der Waals surface area contributed by atoms with E-state index in [1.54, 1.807) is 20.8 Å². The number of rotatable bonds is 5. The average Bonchev–Trinajstić information content (AvgIpc) is 2.99. The first kappa shape index (κ1) is 23.3. The number of nitrogens with one attached hydrogen (secondary N) is 2. The lowest BCUT2D eigenvalue weighted by Crippen LogP contribution is -2.17. The largest absolute Gasteiger partial charge is 0.490 e. The third kappa shape index (κ3) is 4.77. The molecule has 0 bridgehead atoms. The van der Waals surface area contributed by atoms with Gasteiger partial charge < -0.3 is 15.8 Å². The van der Waals surface area contributed by atoms with E-state index in [2.05, 4.69) is 20.5 Å². The van der Waals surface area contributed by atoms with Gasteiger partial charge in [0, 0.05) is 5.56 Å². The van der Waals surface area contributed by atoms with Gasteiger partial charge in [0.1, 0.15) is 23.1 Å². The van der Waals surface area contributed by atoms with Gasteiger partial charge in [-0.1, -0.05) is 11.6 Å².